The van der Waals surface area contributed by atoms with Gasteiger partial charge in [0, 0.05) is 5.02 Å². The molecule has 3 rings (SSSR count). The number of hydrogen-bond acceptors (Lipinski definition) is 5. The molecule has 1 aromatic heterocycles. The molecule has 150 valence electrons. The molecular weight excluding hydrogens is 392 g/mol. The first-order valence-electron chi connectivity index (χ1n) is 9.03. The number of ether oxygens (including phenoxy) is 2. The summed E-state index contributed by atoms with van der Waals surface area (Å²) in [6, 6.07) is 14.3. The number of aromatic nitrogens is 2. The number of Topliss-reactive ketones (excluding diaryl/α,β-unsaturated/α-hetero) is 1. The van der Waals surface area contributed by atoms with E-state index in [9.17, 15) is 9.59 Å². The van der Waals surface area contributed by atoms with Gasteiger partial charge in [-0.15, -0.1) is 0 Å². The van der Waals surface area contributed by atoms with Crippen LogP contribution in [0.4, 0.5) is 0 Å². The van der Waals surface area contributed by atoms with Crippen molar-refractivity contribution in [2.24, 2.45) is 0 Å². The highest BCUT2D eigenvalue weighted by Gasteiger charge is 2.22. The molecule has 0 unspecified atom stereocenters. The highest BCUT2D eigenvalue weighted by Crippen LogP contribution is 2.21. The first-order valence-corrected chi connectivity index (χ1v) is 9.41. The number of carbonyl (C=O) groups excluding carboxylic acids is 2. The van der Waals surface area contributed by atoms with E-state index in [0.717, 1.165) is 5.56 Å². The summed E-state index contributed by atoms with van der Waals surface area (Å²) >= 11 is 6.22. The molecule has 0 saturated carbocycles. The lowest BCUT2D eigenvalue weighted by Crippen LogP contribution is -2.16. The SMILES string of the molecule is COc1ccccc1C(=O)COC(=O)c1c(C)nn(Cc2ccccc2Cl)c1C. The molecule has 1 heterocycles. The van der Waals surface area contributed by atoms with Gasteiger partial charge in [0.2, 0.25) is 5.78 Å². The van der Waals surface area contributed by atoms with Crippen LogP contribution in [0.2, 0.25) is 5.02 Å². The van der Waals surface area contributed by atoms with Crippen molar-refractivity contribution in [1.82, 2.24) is 9.78 Å². The van der Waals surface area contributed by atoms with Crippen molar-refractivity contribution >= 4 is 23.4 Å². The number of aryl methyl sites for hydroxylation is 1. The second-order valence-electron chi connectivity index (χ2n) is 6.49. The van der Waals surface area contributed by atoms with Gasteiger partial charge in [-0.1, -0.05) is 41.9 Å². The molecule has 0 spiro atoms. The number of para-hydroxylation sites is 1. The lowest BCUT2D eigenvalue weighted by Gasteiger charge is -2.09. The first kappa shape index (κ1) is 20.6. The van der Waals surface area contributed by atoms with Crippen LogP contribution in [0.1, 0.15) is 37.7 Å². The van der Waals surface area contributed by atoms with Crippen LogP contribution in [0.5, 0.6) is 5.75 Å². The maximum absolute atomic E-state index is 12.6. The van der Waals surface area contributed by atoms with Crippen molar-refractivity contribution in [3.63, 3.8) is 0 Å². The second kappa shape index (κ2) is 8.92. The van der Waals surface area contributed by atoms with Gasteiger partial charge < -0.3 is 9.47 Å². The van der Waals surface area contributed by atoms with E-state index in [1.807, 2.05) is 18.2 Å². The molecule has 0 amide bonds. The molecule has 0 saturated heterocycles. The minimum atomic E-state index is -0.589. The van der Waals surface area contributed by atoms with Crippen LogP contribution in [0.25, 0.3) is 0 Å². The van der Waals surface area contributed by atoms with Crippen molar-refractivity contribution in [2.45, 2.75) is 20.4 Å². The van der Waals surface area contributed by atoms with Gasteiger partial charge >= 0.3 is 5.97 Å². The smallest absolute Gasteiger partial charge is 0.342 e. The molecule has 2 aromatic carbocycles. The number of rotatable bonds is 7. The fourth-order valence-electron chi connectivity index (χ4n) is 3.09. The Morgan fingerprint density at radius 3 is 2.48 bits per heavy atom. The summed E-state index contributed by atoms with van der Waals surface area (Å²) in [5.74, 6) is -0.489. The quantitative estimate of drug-likeness (QED) is 0.428. The number of benzene rings is 2. The number of esters is 1. The number of halogens is 1. The molecule has 6 nitrogen and oxygen atoms in total. The molecule has 0 radical (unpaired) electrons. The first-order chi connectivity index (χ1) is 13.9. The summed E-state index contributed by atoms with van der Waals surface area (Å²) < 4.78 is 12.2. The normalized spacial score (nSPS) is 10.6. The summed E-state index contributed by atoms with van der Waals surface area (Å²) in [5, 5.41) is 5.06. The number of ketones is 1. The molecule has 29 heavy (non-hydrogen) atoms. The van der Waals surface area contributed by atoms with E-state index < -0.39 is 5.97 Å². The van der Waals surface area contributed by atoms with Crippen molar-refractivity contribution in [2.75, 3.05) is 13.7 Å². The van der Waals surface area contributed by atoms with Crippen LogP contribution < -0.4 is 4.74 Å². The van der Waals surface area contributed by atoms with Crippen molar-refractivity contribution < 1.29 is 19.1 Å². The zero-order chi connectivity index (χ0) is 21.0. The zero-order valence-corrected chi connectivity index (χ0v) is 17.2. The minimum Gasteiger partial charge on any atom is -0.496 e. The Kier molecular flexibility index (Phi) is 6.34. The predicted octanol–water partition coefficient (Wildman–Crippen LogP) is 4.25. The van der Waals surface area contributed by atoms with Gasteiger partial charge in [0.1, 0.15) is 11.3 Å². The molecule has 3 aromatic rings. The van der Waals surface area contributed by atoms with Crippen LogP contribution >= 0.6 is 11.6 Å². The number of carbonyl (C=O) groups is 2. The number of methoxy groups -OCH3 is 1. The topological polar surface area (TPSA) is 70.4 Å². The predicted molar refractivity (Wildman–Crippen MR) is 110 cm³/mol. The highest BCUT2D eigenvalue weighted by atomic mass is 35.5. The summed E-state index contributed by atoms with van der Waals surface area (Å²) in [6.45, 7) is 3.57. The van der Waals surface area contributed by atoms with Crippen molar-refractivity contribution in [3.8, 4) is 5.75 Å². The Morgan fingerprint density at radius 1 is 1.07 bits per heavy atom. The van der Waals surface area contributed by atoms with Gasteiger partial charge in [-0.2, -0.15) is 5.10 Å². The van der Waals surface area contributed by atoms with Gasteiger partial charge in [-0.25, -0.2) is 4.79 Å². The fourth-order valence-corrected chi connectivity index (χ4v) is 3.29. The lowest BCUT2D eigenvalue weighted by molar-refractivity contribution is 0.0472. The molecule has 0 fully saturated rings. The summed E-state index contributed by atoms with van der Waals surface area (Å²) in [7, 11) is 1.48. The van der Waals surface area contributed by atoms with Crippen molar-refractivity contribution in [3.05, 3.63) is 81.6 Å². The molecule has 0 aliphatic heterocycles. The molecule has 0 aliphatic carbocycles. The molecule has 7 heteroatoms. The summed E-state index contributed by atoms with van der Waals surface area (Å²) in [6.07, 6.45) is 0. The average Bonchev–Trinajstić information content (AvgIpc) is 3.00. The monoisotopic (exact) mass is 412 g/mol. The van der Waals surface area contributed by atoms with E-state index in [1.165, 1.54) is 7.11 Å². The Morgan fingerprint density at radius 2 is 1.76 bits per heavy atom. The molecule has 0 N–H and O–H groups in total. The summed E-state index contributed by atoms with van der Waals surface area (Å²) in [5.41, 5.74) is 2.79. The fraction of sp³-hybridized carbons (Fsp3) is 0.227. The van der Waals surface area contributed by atoms with Crippen molar-refractivity contribution in [1.29, 1.82) is 0 Å². The van der Waals surface area contributed by atoms with E-state index in [4.69, 9.17) is 21.1 Å². The number of nitrogens with zero attached hydrogens (tertiary/aromatic N) is 2. The molecular formula is C22H21ClN2O4. The Balaban J connectivity index is 1.74. The molecule has 0 atom stereocenters. The van der Waals surface area contributed by atoms with Crippen LogP contribution in [-0.4, -0.2) is 35.2 Å². The zero-order valence-electron chi connectivity index (χ0n) is 16.4. The highest BCUT2D eigenvalue weighted by molar-refractivity contribution is 6.31. The summed E-state index contributed by atoms with van der Waals surface area (Å²) in [4.78, 5) is 25.0. The maximum Gasteiger partial charge on any atom is 0.342 e. The standard InChI is InChI=1S/C22H21ClN2O4/c1-14-21(15(2)25(24-14)12-16-8-4-6-10-18(16)23)22(27)29-13-19(26)17-9-5-7-11-20(17)28-3/h4-11H,12-13H2,1-3H3. The second-order valence-corrected chi connectivity index (χ2v) is 6.90. The van der Waals surface area contributed by atoms with E-state index in [-0.39, 0.29) is 12.4 Å². The van der Waals surface area contributed by atoms with Gasteiger partial charge in [0.15, 0.2) is 6.61 Å². The third kappa shape index (κ3) is 4.49. The maximum atomic E-state index is 12.6. The van der Waals surface area contributed by atoms with Crippen LogP contribution in [0, 0.1) is 13.8 Å². The minimum absolute atomic E-state index is 0.338. The largest absolute Gasteiger partial charge is 0.496 e. The van der Waals surface area contributed by atoms with Crippen LogP contribution in [0.3, 0.4) is 0 Å². The average molecular weight is 413 g/mol. The Hall–Kier alpha value is -3.12. The molecule has 0 bridgehead atoms. The van der Waals surface area contributed by atoms with E-state index in [2.05, 4.69) is 5.10 Å². The van der Waals surface area contributed by atoms with Gasteiger partial charge in [-0.3, -0.25) is 9.48 Å². The van der Waals surface area contributed by atoms with Crippen LogP contribution in [0.15, 0.2) is 48.5 Å². The van der Waals surface area contributed by atoms with Gasteiger partial charge in [-0.05, 0) is 37.6 Å². The lowest BCUT2D eigenvalue weighted by atomic mass is 10.1. The third-order valence-electron chi connectivity index (χ3n) is 4.61. The Labute approximate surface area is 174 Å². The number of hydrogen-bond donors (Lipinski definition) is 0. The van der Waals surface area contributed by atoms with Crippen LogP contribution in [-0.2, 0) is 11.3 Å². The molecule has 0 aliphatic rings. The van der Waals surface area contributed by atoms with E-state index >= 15 is 0 Å². The van der Waals surface area contributed by atoms with E-state index in [0.29, 0.717) is 39.8 Å². The van der Waals surface area contributed by atoms with E-state index in [1.54, 1.807) is 48.9 Å². The van der Waals surface area contributed by atoms with Gasteiger partial charge in [0.25, 0.3) is 0 Å². The van der Waals surface area contributed by atoms with Gasteiger partial charge in [0.05, 0.1) is 30.6 Å². The third-order valence-corrected chi connectivity index (χ3v) is 4.97. The Bertz CT molecular complexity index is 1060.